The summed E-state index contributed by atoms with van der Waals surface area (Å²) in [4.78, 5) is 26.0. The molecule has 2 aromatic heterocycles. The average Bonchev–Trinajstić information content (AvgIpc) is 3.01. The zero-order valence-electron chi connectivity index (χ0n) is 14.1. The molecule has 0 spiro atoms. The molecule has 3 rings (SSSR count). The summed E-state index contributed by atoms with van der Waals surface area (Å²) in [5.41, 5.74) is 6.16. The second-order valence-corrected chi connectivity index (χ2v) is 6.70. The van der Waals surface area contributed by atoms with E-state index >= 15 is 0 Å². The van der Waals surface area contributed by atoms with E-state index in [1.807, 2.05) is 12.3 Å². The van der Waals surface area contributed by atoms with Crippen molar-refractivity contribution in [2.75, 3.05) is 43.4 Å². The Morgan fingerprint density at radius 2 is 2.00 bits per heavy atom. The smallest absolute Gasteiger partial charge is 0.339 e. The van der Waals surface area contributed by atoms with Crippen LogP contribution in [0.15, 0.2) is 24.5 Å². The normalized spacial score (nSPS) is 14.8. The molecule has 0 aliphatic carbocycles. The molecule has 0 radical (unpaired) electrons. The Labute approximate surface area is 157 Å². The van der Waals surface area contributed by atoms with E-state index in [0.717, 1.165) is 38.5 Å². The van der Waals surface area contributed by atoms with Crippen molar-refractivity contribution in [1.29, 1.82) is 0 Å². The van der Waals surface area contributed by atoms with Crippen LogP contribution in [0.4, 0.5) is 10.9 Å². The lowest BCUT2D eigenvalue weighted by Crippen LogP contribution is -2.46. The number of carbonyl (C=O) groups excluding carboxylic acids is 1. The van der Waals surface area contributed by atoms with Gasteiger partial charge in [0.15, 0.2) is 5.13 Å². The first-order valence-electron chi connectivity index (χ1n) is 7.96. The maximum atomic E-state index is 11.7. The Morgan fingerprint density at radius 3 is 2.56 bits per heavy atom. The van der Waals surface area contributed by atoms with Crippen LogP contribution in [-0.2, 0) is 11.3 Å². The number of pyridine rings is 1. The van der Waals surface area contributed by atoms with Gasteiger partial charge in [0.1, 0.15) is 5.82 Å². The summed E-state index contributed by atoms with van der Waals surface area (Å²) >= 11 is 1.54. The molecule has 0 unspecified atom stereocenters. The number of nitrogens with two attached hydrogens (primary N) is 1. The number of aromatic nitrogens is 2. The number of esters is 1. The number of anilines is 2. The van der Waals surface area contributed by atoms with Gasteiger partial charge in [-0.3, -0.25) is 4.90 Å². The third kappa shape index (κ3) is 5.04. The van der Waals surface area contributed by atoms with Crippen molar-refractivity contribution >= 4 is 40.7 Å². The van der Waals surface area contributed by atoms with Crippen LogP contribution in [0.25, 0.3) is 0 Å². The lowest BCUT2D eigenvalue weighted by molar-refractivity contribution is 0.0526. The molecule has 9 heteroatoms. The predicted molar refractivity (Wildman–Crippen MR) is 101 cm³/mol. The Balaban J connectivity index is 0.00000225. The number of carbonyl (C=O) groups is 1. The minimum Gasteiger partial charge on any atom is -0.462 e. The molecule has 0 atom stereocenters. The zero-order valence-corrected chi connectivity index (χ0v) is 15.7. The molecule has 1 saturated heterocycles. The van der Waals surface area contributed by atoms with Gasteiger partial charge >= 0.3 is 5.97 Å². The van der Waals surface area contributed by atoms with E-state index in [-0.39, 0.29) is 18.4 Å². The van der Waals surface area contributed by atoms with E-state index in [4.69, 9.17) is 10.5 Å². The second kappa shape index (κ2) is 8.98. The first-order valence-corrected chi connectivity index (χ1v) is 8.78. The van der Waals surface area contributed by atoms with Gasteiger partial charge in [-0.25, -0.2) is 14.8 Å². The molecule has 1 fully saturated rings. The molecule has 0 bridgehead atoms. The highest BCUT2D eigenvalue weighted by molar-refractivity contribution is 7.15. The molecule has 1 aliphatic heterocycles. The Hall–Kier alpha value is -1.90. The Morgan fingerprint density at radius 1 is 1.24 bits per heavy atom. The van der Waals surface area contributed by atoms with Gasteiger partial charge in [0, 0.05) is 50.0 Å². The molecule has 2 aromatic rings. The third-order valence-corrected chi connectivity index (χ3v) is 4.72. The molecule has 136 valence electrons. The van der Waals surface area contributed by atoms with Crippen molar-refractivity contribution in [2.24, 2.45) is 0 Å². The topological polar surface area (TPSA) is 84.6 Å². The van der Waals surface area contributed by atoms with Crippen LogP contribution >= 0.6 is 23.7 Å². The van der Waals surface area contributed by atoms with E-state index in [9.17, 15) is 4.79 Å². The van der Waals surface area contributed by atoms with Crippen LogP contribution in [0, 0.1) is 0 Å². The van der Waals surface area contributed by atoms with E-state index in [1.165, 1.54) is 4.88 Å². The quantitative estimate of drug-likeness (QED) is 0.791. The molecule has 3 heterocycles. The largest absolute Gasteiger partial charge is 0.462 e. The van der Waals surface area contributed by atoms with Gasteiger partial charge in [-0.15, -0.1) is 23.7 Å². The van der Waals surface area contributed by atoms with Crippen molar-refractivity contribution in [2.45, 2.75) is 13.5 Å². The van der Waals surface area contributed by atoms with Crippen molar-refractivity contribution in [3.05, 3.63) is 35.0 Å². The maximum Gasteiger partial charge on any atom is 0.339 e. The standard InChI is InChI=1S/C16H21N5O2S.ClH/c1-2-23-15(22)12-3-4-14(18-9-12)21-7-5-20(6-8-21)11-13-10-19-16(17)24-13;/h3-4,9-10H,2,5-8,11H2,1H3,(H2,17,19);1H. The van der Waals surface area contributed by atoms with Crippen LogP contribution in [-0.4, -0.2) is 53.6 Å². The maximum absolute atomic E-state index is 11.7. The van der Waals surface area contributed by atoms with Crippen molar-refractivity contribution in [3.63, 3.8) is 0 Å². The molecule has 1 aliphatic rings. The number of hydrogen-bond acceptors (Lipinski definition) is 8. The van der Waals surface area contributed by atoms with Crippen LogP contribution < -0.4 is 10.6 Å². The van der Waals surface area contributed by atoms with Crippen molar-refractivity contribution in [1.82, 2.24) is 14.9 Å². The van der Waals surface area contributed by atoms with Gasteiger partial charge in [0.05, 0.1) is 12.2 Å². The SMILES string of the molecule is CCOC(=O)c1ccc(N2CCN(Cc3cnc(N)s3)CC2)nc1.Cl. The minimum absolute atomic E-state index is 0. The van der Waals surface area contributed by atoms with Crippen LogP contribution in [0.3, 0.4) is 0 Å². The number of piperazine rings is 1. The van der Waals surface area contributed by atoms with E-state index < -0.39 is 0 Å². The Bertz CT molecular complexity index is 686. The number of nitrogen functional groups attached to an aromatic ring is 1. The minimum atomic E-state index is -0.329. The van der Waals surface area contributed by atoms with Gasteiger partial charge < -0.3 is 15.4 Å². The van der Waals surface area contributed by atoms with Gasteiger partial charge in [0.2, 0.25) is 0 Å². The summed E-state index contributed by atoms with van der Waals surface area (Å²) in [6.07, 6.45) is 3.43. The molecular weight excluding hydrogens is 362 g/mol. The van der Waals surface area contributed by atoms with Crippen molar-refractivity contribution in [3.8, 4) is 0 Å². The van der Waals surface area contributed by atoms with Crippen LogP contribution in [0.5, 0.6) is 0 Å². The van der Waals surface area contributed by atoms with Gasteiger partial charge in [-0.2, -0.15) is 0 Å². The fourth-order valence-electron chi connectivity index (χ4n) is 2.66. The number of rotatable bonds is 5. The molecule has 25 heavy (non-hydrogen) atoms. The van der Waals surface area contributed by atoms with Gasteiger partial charge in [0.25, 0.3) is 0 Å². The number of nitrogens with zero attached hydrogens (tertiary/aromatic N) is 4. The van der Waals surface area contributed by atoms with E-state index in [0.29, 0.717) is 17.3 Å². The fourth-order valence-corrected chi connectivity index (χ4v) is 3.39. The lowest BCUT2D eigenvalue weighted by atomic mass is 10.2. The van der Waals surface area contributed by atoms with Crippen LogP contribution in [0.2, 0.25) is 0 Å². The fraction of sp³-hybridized carbons (Fsp3) is 0.438. The molecule has 0 amide bonds. The number of hydrogen-bond donors (Lipinski definition) is 1. The monoisotopic (exact) mass is 383 g/mol. The first kappa shape index (κ1) is 19.4. The summed E-state index contributed by atoms with van der Waals surface area (Å²) in [6, 6.07) is 3.65. The zero-order chi connectivity index (χ0) is 16.9. The number of ether oxygens (including phenoxy) is 1. The summed E-state index contributed by atoms with van der Waals surface area (Å²) in [5.74, 6) is 0.565. The lowest BCUT2D eigenvalue weighted by Gasteiger charge is -2.35. The highest BCUT2D eigenvalue weighted by Gasteiger charge is 2.19. The molecular formula is C16H22ClN5O2S. The van der Waals surface area contributed by atoms with E-state index in [1.54, 1.807) is 30.5 Å². The molecule has 2 N–H and O–H groups in total. The summed E-state index contributed by atoms with van der Waals surface area (Å²) in [7, 11) is 0. The van der Waals surface area contributed by atoms with Gasteiger partial charge in [-0.1, -0.05) is 0 Å². The number of thiazole rings is 1. The van der Waals surface area contributed by atoms with Gasteiger partial charge in [-0.05, 0) is 19.1 Å². The number of halogens is 1. The molecule has 0 aromatic carbocycles. The average molecular weight is 384 g/mol. The highest BCUT2D eigenvalue weighted by Crippen LogP contribution is 2.19. The summed E-state index contributed by atoms with van der Waals surface area (Å²) < 4.78 is 4.97. The summed E-state index contributed by atoms with van der Waals surface area (Å²) in [5, 5.41) is 0.620. The highest BCUT2D eigenvalue weighted by atomic mass is 35.5. The van der Waals surface area contributed by atoms with E-state index in [2.05, 4.69) is 19.8 Å². The molecule has 7 nitrogen and oxygen atoms in total. The predicted octanol–water partition coefficient (Wildman–Crippen LogP) is 2.04. The third-order valence-electron chi connectivity index (χ3n) is 3.91. The second-order valence-electron chi connectivity index (χ2n) is 5.55. The Kier molecular flexibility index (Phi) is 6.98. The first-order chi connectivity index (χ1) is 11.7. The summed E-state index contributed by atoms with van der Waals surface area (Å²) in [6.45, 7) is 6.77. The van der Waals surface area contributed by atoms with Crippen molar-refractivity contribution < 1.29 is 9.53 Å². The molecule has 0 saturated carbocycles. The van der Waals surface area contributed by atoms with Crippen LogP contribution in [0.1, 0.15) is 22.2 Å².